The van der Waals surface area contributed by atoms with Crippen LogP contribution in [0.2, 0.25) is 0 Å². The van der Waals surface area contributed by atoms with Crippen LogP contribution < -0.4 is 0 Å². The Morgan fingerprint density at radius 1 is 1.18 bits per heavy atom. The Bertz CT molecular complexity index is 426. The van der Waals surface area contributed by atoms with Crippen LogP contribution in [-0.4, -0.2) is 60.9 Å². The molecule has 0 aliphatic carbocycles. The summed E-state index contributed by atoms with van der Waals surface area (Å²) < 4.78 is 0. The molecule has 0 aliphatic heterocycles. The highest BCUT2D eigenvalue weighted by molar-refractivity contribution is 5.69. The van der Waals surface area contributed by atoms with Crippen LogP contribution in [0.3, 0.4) is 0 Å². The summed E-state index contributed by atoms with van der Waals surface area (Å²) in [6.07, 6.45) is 3.17. The molecule has 0 spiro atoms. The summed E-state index contributed by atoms with van der Waals surface area (Å²) in [7, 11) is 7.37. The fraction of sp³-hybridized carbons (Fsp3) is 0.400. The molecule has 1 heterocycles. The van der Waals surface area contributed by atoms with E-state index >= 15 is 0 Å². The number of hydrogen-bond acceptors (Lipinski definition) is 4. The maximum Gasteiger partial charge on any atom is 0.195 e. The maximum absolute atomic E-state index is 9.03. The number of aromatic amines is 1. The Morgan fingerprint density at radius 3 is 2.29 bits per heavy atom. The molecule has 0 saturated carbocycles. The van der Waals surface area contributed by atoms with Crippen LogP contribution in [0.25, 0.3) is 0 Å². The Labute approximate surface area is 100 Å². The second-order valence-electron chi connectivity index (χ2n) is 3.80. The van der Waals surface area contributed by atoms with Gasteiger partial charge in [0.05, 0.1) is 12.7 Å². The average molecular weight is 233 g/mol. The smallest absolute Gasteiger partial charge is 0.195 e. The van der Waals surface area contributed by atoms with Gasteiger partial charge in [0.15, 0.2) is 11.6 Å². The highest BCUT2D eigenvalue weighted by Gasteiger charge is 2.10. The van der Waals surface area contributed by atoms with E-state index < -0.39 is 0 Å². The summed E-state index contributed by atoms with van der Waals surface area (Å²) in [5.74, 6) is 0.749. The maximum atomic E-state index is 9.03. The van der Waals surface area contributed by atoms with Crippen molar-refractivity contribution in [2.75, 3.05) is 28.2 Å². The van der Waals surface area contributed by atoms with Gasteiger partial charge in [-0.25, -0.2) is 9.98 Å². The topological polar surface area (TPSA) is 83.7 Å². The van der Waals surface area contributed by atoms with Crippen LogP contribution >= 0.6 is 0 Å². The molecule has 7 nitrogen and oxygen atoms in total. The molecule has 1 aromatic rings. The SMILES string of the molecule is CN(C)/C=N/c1n[nH]c(/N=C/N(C)C)c1C#N. The minimum atomic E-state index is 0.334. The standard InChI is InChI=1S/C10H15N7/c1-16(2)6-12-9-8(5-11)10(15-14-9)13-7-17(3)4/h6-7H,1-4H3,(H,14,15)/b12-6+,13-7+. The molecule has 0 radical (unpaired) electrons. The van der Waals surface area contributed by atoms with Gasteiger partial charge in [0.25, 0.3) is 0 Å². The van der Waals surface area contributed by atoms with E-state index in [1.807, 2.05) is 34.3 Å². The normalized spacial score (nSPS) is 11.0. The number of nitriles is 1. The Balaban J connectivity index is 3.00. The van der Waals surface area contributed by atoms with E-state index in [0.717, 1.165) is 0 Å². The molecule has 90 valence electrons. The highest BCUT2D eigenvalue weighted by atomic mass is 15.2. The second kappa shape index (κ2) is 5.65. The zero-order chi connectivity index (χ0) is 12.8. The van der Waals surface area contributed by atoms with Crippen LogP contribution in [0.5, 0.6) is 0 Å². The van der Waals surface area contributed by atoms with Gasteiger partial charge in [-0.3, -0.25) is 5.10 Å². The van der Waals surface area contributed by atoms with Gasteiger partial charge in [-0.05, 0) is 0 Å². The van der Waals surface area contributed by atoms with Crippen molar-refractivity contribution in [3.8, 4) is 6.07 Å². The molecule has 0 atom stereocenters. The monoisotopic (exact) mass is 233 g/mol. The molecule has 7 heteroatoms. The molecule has 17 heavy (non-hydrogen) atoms. The first-order chi connectivity index (χ1) is 8.04. The average Bonchev–Trinajstić information content (AvgIpc) is 2.65. The van der Waals surface area contributed by atoms with Crippen molar-refractivity contribution in [2.24, 2.45) is 9.98 Å². The lowest BCUT2D eigenvalue weighted by atomic mass is 10.3. The van der Waals surface area contributed by atoms with Crippen LogP contribution in [0.1, 0.15) is 5.56 Å². The van der Waals surface area contributed by atoms with Crippen molar-refractivity contribution in [3.05, 3.63) is 5.56 Å². The highest BCUT2D eigenvalue weighted by Crippen LogP contribution is 2.24. The quantitative estimate of drug-likeness (QED) is 0.613. The van der Waals surface area contributed by atoms with E-state index in [-0.39, 0.29) is 0 Å². The van der Waals surface area contributed by atoms with Crippen molar-refractivity contribution >= 4 is 24.3 Å². The van der Waals surface area contributed by atoms with Gasteiger partial charge in [-0.1, -0.05) is 0 Å². The van der Waals surface area contributed by atoms with Crippen molar-refractivity contribution in [1.82, 2.24) is 20.0 Å². The third-order valence-corrected chi connectivity index (χ3v) is 1.67. The van der Waals surface area contributed by atoms with Crippen LogP contribution in [0.4, 0.5) is 11.6 Å². The first kappa shape index (κ1) is 12.7. The van der Waals surface area contributed by atoms with Gasteiger partial charge in [0.2, 0.25) is 0 Å². The number of hydrogen-bond donors (Lipinski definition) is 1. The molecule has 0 amide bonds. The first-order valence-corrected chi connectivity index (χ1v) is 4.94. The molecular formula is C10H15N7. The number of aliphatic imine (C=N–C) groups is 2. The molecule has 0 saturated heterocycles. The van der Waals surface area contributed by atoms with Gasteiger partial charge in [-0.2, -0.15) is 10.4 Å². The molecule has 0 aliphatic rings. The Kier molecular flexibility index (Phi) is 4.22. The lowest BCUT2D eigenvalue weighted by molar-refractivity contribution is 0.643. The van der Waals surface area contributed by atoms with Crippen LogP contribution in [0, 0.1) is 11.3 Å². The molecule has 1 rings (SSSR count). The third-order valence-electron chi connectivity index (χ3n) is 1.67. The summed E-state index contributed by atoms with van der Waals surface area (Å²) in [5, 5.41) is 15.6. The molecule has 0 bridgehead atoms. The molecule has 1 aromatic heterocycles. The molecule has 0 unspecified atom stereocenters. The minimum absolute atomic E-state index is 0.334. The summed E-state index contributed by atoms with van der Waals surface area (Å²) in [6.45, 7) is 0. The van der Waals surface area contributed by atoms with Gasteiger partial charge in [0, 0.05) is 28.2 Å². The zero-order valence-corrected chi connectivity index (χ0v) is 10.3. The van der Waals surface area contributed by atoms with E-state index in [2.05, 4.69) is 20.2 Å². The lowest BCUT2D eigenvalue weighted by Crippen LogP contribution is -2.07. The summed E-state index contributed by atoms with van der Waals surface area (Å²) in [5.41, 5.74) is 0.334. The number of nitrogens with one attached hydrogen (secondary N) is 1. The van der Waals surface area contributed by atoms with Gasteiger partial charge < -0.3 is 9.80 Å². The molecular weight excluding hydrogens is 218 g/mol. The van der Waals surface area contributed by atoms with Crippen molar-refractivity contribution in [3.63, 3.8) is 0 Å². The molecule has 0 aromatic carbocycles. The van der Waals surface area contributed by atoms with Gasteiger partial charge >= 0.3 is 0 Å². The van der Waals surface area contributed by atoms with Crippen molar-refractivity contribution < 1.29 is 0 Å². The summed E-state index contributed by atoms with van der Waals surface area (Å²) >= 11 is 0. The van der Waals surface area contributed by atoms with E-state index in [9.17, 15) is 0 Å². The van der Waals surface area contributed by atoms with E-state index in [1.165, 1.54) is 0 Å². The number of H-pyrrole nitrogens is 1. The van der Waals surface area contributed by atoms with Crippen LogP contribution in [-0.2, 0) is 0 Å². The largest absolute Gasteiger partial charge is 0.369 e. The Morgan fingerprint density at radius 2 is 1.76 bits per heavy atom. The van der Waals surface area contributed by atoms with Gasteiger partial charge in [0.1, 0.15) is 11.6 Å². The predicted octanol–water partition coefficient (Wildman–Crippen LogP) is 0.724. The van der Waals surface area contributed by atoms with Crippen molar-refractivity contribution in [1.29, 1.82) is 5.26 Å². The number of nitrogens with zero attached hydrogens (tertiary/aromatic N) is 6. The number of aromatic nitrogens is 2. The summed E-state index contributed by atoms with van der Waals surface area (Å²) in [6, 6.07) is 2.03. The minimum Gasteiger partial charge on any atom is -0.369 e. The van der Waals surface area contributed by atoms with Crippen molar-refractivity contribution in [2.45, 2.75) is 0 Å². The second-order valence-corrected chi connectivity index (χ2v) is 3.80. The first-order valence-electron chi connectivity index (χ1n) is 4.94. The van der Waals surface area contributed by atoms with Crippen LogP contribution in [0.15, 0.2) is 9.98 Å². The van der Waals surface area contributed by atoms with Gasteiger partial charge in [-0.15, -0.1) is 0 Å². The zero-order valence-electron chi connectivity index (χ0n) is 10.3. The van der Waals surface area contributed by atoms with E-state index in [0.29, 0.717) is 17.2 Å². The molecule has 1 N–H and O–H groups in total. The predicted molar refractivity (Wildman–Crippen MR) is 67.0 cm³/mol. The fourth-order valence-corrected chi connectivity index (χ4v) is 0.957. The van der Waals surface area contributed by atoms with E-state index in [4.69, 9.17) is 5.26 Å². The van der Waals surface area contributed by atoms with E-state index in [1.54, 1.807) is 22.5 Å². The third kappa shape index (κ3) is 3.61. The summed E-state index contributed by atoms with van der Waals surface area (Å²) in [4.78, 5) is 11.7. The fourth-order valence-electron chi connectivity index (χ4n) is 0.957. The molecule has 0 fully saturated rings. The number of rotatable bonds is 4. The lowest BCUT2D eigenvalue weighted by Gasteiger charge is -2.01. The Hall–Kier alpha value is -2.36.